The van der Waals surface area contributed by atoms with Crippen molar-refractivity contribution in [3.05, 3.63) is 64.1 Å². The molecule has 0 saturated carbocycles. The van der Waals surface area contributed by atoms with E-state index < -0.39 is 6.09 Å². The van der Waals surface area contributed by atoms with Gasteiger partial charge in [-0.3, -0.25) is 4.79 Å². The number of thiol groups is 1. The van der Waals surface area contributed by atoms with E-state index in [4.69, 9.17) is 4.74 Å². The topological polar surface area (TPSA) is 67.8 Å². The fraction of sp³-hybridized carbons (Fsp3) is 0.167. The number of ketones is 1. The molecule has 2 rings (SSSR count). The zero-order chi connectivity index (χ0) is 18.2. The fourth-order valence-electron chi connectivity index (χ4n) is 2.08. The maximum absolute atomic E-state index is 12.6. The van der Waals surface area contributed by atoms with Crippen LogP contribution in [0.25, 0.3) is 0 Å². The Labute approximate surface area is 160 Å². The summed E-state index contributed by atoms with van der Waals surface area (Å²) >= 11 is 7.68. The van der Waals surface area contributed by atoms with Crippen LogP contribution in [0.3, 0.4) is 0 Å². The number of hydrogen-bond acceptors (Lipinski definition) is 5. The van der Waals surface area contributed by atoms with Crippen LogP contribution in [0.5, 0.6) is 0 Å². The maximum Gasteiger partial charge on any atom is 0.427 e. The molecule has 0 aliphatic heterocycles. The molecule has 2 aromatic carbocycles. The molecule has 25 heavy (non-hydrogen) atoms. The highest BCUT2D eigenvalue weighted by molar-refractivity contribution is 9.10. The zero-order valence-electron chi connectivity index (χ0n) is 13.5. The molecule has 1 amide bonds. The smallest absolute Gasteiger partial charge is 0.427 e. The van der Waals surface area contributed by atoms with Crippen LogP contribution < -0.4 is 5.43 Å². The van der Waals surface area contributed by atoms with Crippen molar-refractivity contribution >= 4 is 46.1 Å². The van der Waals surface area contributed by atoms with Gasteiger partial charge in [0.05, 0.1) is 18.7 Å². The second-order valence-corrected chi connectivity index (χ2v) is 6.41. The van der Waals surface area contributed by atoms with Gasteiger partial charge < -0.3 is 4.74 Å². The van der Waals surface area contributed by atoms with Crippen LogP contribution in [0.15, 0.2) is 63.0 Å². The monoisotopic (exact) mass is 420 g/mol. The number of Topliss-reactive ketones (excluding diaryl/α,β-unsaturated/α-hetero) is 1. The standard InChI is InChI=1S/C18H17BrN2O3S/c1-2-24-18(23)21-20-15(12-7-9-13(19)10-8-12)11-16(22)14-5-3-4-6-17(14)25/h3-10,25H,2,11H2,1H3,(H,21,23)/b20-15+. The van der Waals surface area contributed by atoms with Gasteiger partial charge in [0, 0.05) is 14.9 Å². The van der Waals surface area contributed by atoms with Gasteiger partial charge in [-0.05, 0) is 30.7 Å². The van der Waals surface area contributed by atoms with E-state index >= 15 is 0 Å². The predicted octanol–water partition coefficient (Wildman–Crippen LogP) is 4.46. The lowest BCUT2D eigenvalue weighted by Gasteiger charge is -2.09. The van der Waals surface area contributed by atoms with Crippen molar-refractivity contribution in [1.29, 1.82) is 0 Å². The Hall–Kier alpha value is -2.12. The first-order chi connectivity index (χ1) is 12.0. The number of hydrazone groups is 1. The quantitative estimate of drug-likeness (QED) is 0.313. The third-order valence-electron chi connectivity index (χ3n) is 3.27. The van der Waals surface area contributed by atoms with Gasteiger partial charge in [-0.2, -0.15) is 5.10 Å². The molecular weight excluding hydrogens is 404 g/mol. The molecule has 2 aromatic rings. The maximum atomic E-state index is 12.6. The number of carbonyl (C=O) groups excluding carboxylic acids is 2. The molecule has 7 heteroatoms. The summed E-state index contributed by atoms with van der Waals surface area (Å²) in [4.78, 5) is 24.7. The summed E-state index contributed by atoms with van der Waals surface area (Å²) in [5.74, 6) is -0.141. The van der Waals surface area contributed by atoms with Crippen molar-refractivity contribution < 1.29 is 14.3 Å². The third kappa shape index (κ3) is 5.72. The minimum Gasteiger partial charge on any atom is -0.449 e. The van der Waals surface area contributed by atoms with Gasteiger partial charge >= 0.3 is 6.09 Å². The third-order valence-corrected chi connectivity index (χ3v) is 4.19. The molecule has 0 unspecified atom stereocenters. The summed E-state index contributed by atoms with van der Waals surface area (Å²) in [6.07, 6.45) is -0.648. The van der Waals surface area contributed by atoms with Crippen molar-refractivity contribution in [3.8, 4) is 0 Å². The molecule has 0 aromatic heterocycles. The van der Waals surface area contributed by atoms with Crippen LogP contribution in [-0.4, -0.2) is 24.2 Å². The lowest BCUT2D eigenvalue weighted by Crippen LogP contribution is -2.22. The fourth-order valence-corrected chi connectivity index (χ4v) is 2.63. The molecule has 0 aliphatic rings. The van der Waals surface area contributed by atoms with Crippen molar-refractivity contribution in [2.24, 2.45) is 5.10 Å². The minimum absolute atomic E-state index is 0.0195. The minimum atomic E-state index is -0.667. The van der Waals surface area contributed by atoms with E-state index in [-0.39, 0.29) is 18.8 Å². The van der Waals surface area contributed by atoms with E-state index in [1.807, 2.05) is 30.3 Å². The number of benzene rings is 2. The number of rotatable bonds is 6. The molecule has 0 spiro atoms. The van der Waals surface area contributed by atoms with E-state index in [1.54, 1.807) is 25.1 Å². The average Bonchev–Trinajstić information content (AvgIpc) is 2.60. The number of ether oxygens (including phenoxy) is 1. The highest BCUT2D eigenvalue weighted by atomic mass is 79.9. The van der Waals surface area contributed by atoms with Crippen molar-refractivity contribution in [1.82, 2.24) is 5.43 Å². The number of halogens is 1. The predicted molar refractivity (Wildman–Crippen MR) is 103 cm³/mol. The summed E-state index contributed by atoms with van der Waals surface area (Å²) in [7, 11) is 0. The van der Waals surface area contributed by atoms with Crippen molar-refractivity contribution in [2.45, 2.75) is 18.2 Å². The zero-order valence-corrected chi connectivity index (χ0v) is 16.0. The van der Waals surface area contributed by atoms with E-state index in [2.05, 4.69) is 39.1 Å². The summed E-state index contributed by atoms with van der Waals surface area (Å²) in [6.45, 7) is 1.94. The lowest BCUT2D eigenvalue weighted by molar-refractivity contribution is 0.0997. The van der Waals surface area contributed by atoms with Crippen LogP contribution in [0.2, 0.25) is 0 Å². The van der Waals surface area contributed by atoms with Gasteiger partial charge in [-0.15, -0.1) is 12.6 Å². The van der Waals surface area contributed by atoms with Gasteiger partial charge in [0.1, 0.15) is 0 Å². The number of nitrogens with zero attached hydrogens (tertiary/aromatic N) is 1. The molecule has 5 nitrogen and oxygen atoms in total. The van der Waals surface area contributed by atoms with E-state index in [0.29, 0.717) is 16.2 Å². The first kappa shape index (κ1) is 19.2. The van der Waals surface area contributed by atoms with E-state index in [1.165, 1.54) is 0 Å². The second-order valence-electron chi connectivity index (χ2n) is 5.01. The Kier molecular flexibility index (Phi) is 7.21. The van der Waals surface area contributed by atoms with Crippen LogP contribution >= 0.6 is 28.6 Å². The van der Waals surface area contributed by atoms with Crippen molar-refractivity contribution in [2.75, 3.05) is 6.61 Å². The Morgan fingerprint density at radius 2 is 1.84 bits per heavy atom. The van der Waals surface area contributed by atoms with Crippen LogP contribution in [0.1, 0.15) is 29.3 Å². The van der Waals surface area contributed by atoms with Gasteiger partial charge in [-0.1, -0.05) is 46.3 Å². The molecule has 0 aliphatic carbocycles. The number of amides is 1. The normalized spacial score (nSPS) is 11.1. The summed E-state index contributed by atoms with van der Waals surface area (Å²) in [5.41, 5.74) is 3.98. The molecular formula is C18H17BrN2O3S. The molecule has 0 bridgehead atoms. The van der Waals surface area contributed by atoms with E-state index in [9.17, 15) is 9.59 Å². The van der Waals surface area contributed by atoms with E-state index in [0.717, 1.165) is 10.0 Å². The summed E-state index contributed by atoms with van der Waals surface area (Å²) in [5, 5.41) is 4.07. The average molecular weight is 421 g/mol. The molecule has 0 atom stereocenters. The second kappa shape index (κ2) is 9.39. The van der Waals surface area contributed by atoms with Gasteiger partial charge in [0.2, 0.25) is 0 Å². The molecule has 0 fully saturated rings. The van der Waals surface area contributed by atoms with Gasteiger partial charge in [0.25, 0.3) is 0 Å². The molecule has 0 saturated heterocycles. The number of carbonyl (C=O) groups is 2. The Morgan fingerprint density at radius 1 is 1.16 bits per heavy atom. The summed E-state index contributed by atoms with van der Waals surface area (Å²) in [6, 6.07) is 14.4. The van der Waals surface area contributed by atoms with Gasteiger partial charge in [-0.25, -0.2) is 10.2 Å². The summed E-state index contributed by atoms with van der Waals surface area (Å²) < 4.78 is 5.70. The Morgan fingerprint density at radius 3 is 2.48 bits per heavy atom. The molecule has 1 N–H and O–H groups in total. The SMILES string of the molecule is CCOC(=O)N/N=C(\CC(=O)c1ccccc1S)c1ccc(Br)cc1. The van der Waals surface area contributed by atoms with Crippen LogP contribution in [-0.2, 0) is 4.74 Å². The largest absolute Gasteiger partial charge is 0.449 e. The first-order valence-corrected chi connectivity index (χ1v) is 8.81. The lowest BCUT2D eigenvalue weighted by atomic mass is 10.0. The Balaban J connectivity index is 2.26. The van der Waals surface area contributed by atoms with Crippen molar-refractivity contribution in [3.63, 3.8) is 0 Å². The Bertz CT molecular complexity index is 791. The van der Waals surface area contributed by atoms with Crippen LogP contribution in [0.4, 0.5) is 4.79 Å². The molecule has 130 valence electrons. The first-order valence-electron chi connectivity index (χ1n) is 7.57. The highest BCUT2D eigenvalue weighted by Gasteiger charge is 2.15. The molecule has 0 radical (unpaired) electrons. The van der Waals surface area contributed by atoms with Gasteiger partial charge in [0.15, 0.2) is 5.78 Å². The number of hydrogen-bond donors (Lipinski definition) is 2. The number of nitrogens with one attached hydrogen (secondary N) is 1. The molecule has 0 heterocycles. The highest BCUT2D eigenvalue weighted by Crippen LogP contribution is 2.18. The van der Waals surface area contributed by atoms with Crippen LogP contribution in [0, 0.1) is 0 Å².